The third kappa shape index (κ3) is 9.55. The van der Waals surface area contributed by atoms with Gasteiger partial charge in [-0.2, -0.15) is 0 Å². The molecule has 7 rings (SSSR count). The van der Waals surface area contributed by atoms with Crippen molar-refractivity contribution in [2.45, 2.75) is 93.3 Å². The zero-order chi connectivity index (χ0) is 38.1. The Hall–Kier alpha value is -4.15. The Morgan fingerprint density at radius 1 is 0.741 bits per heavy atom. The predicted molar refractivity (Wildman–Crippen MR) is 229 cm³/mol. The van der Waals surface area contributed by atoms with Crippen molar-refractivity contribution in [2.75, 3.05) is 0 Å². The van der Waals surface area contributed by atoms with Crippen LogP contribution in [0.1, 0.15) is 82.6 Å². The smallest absolute Gasteiger partial charge is 0.120 e. The molecule has 0 aliphatic rings. The van der Waals surface area contributed by atoms with Crippen LogP contribution in [0, 0.1) is 24.5 Å². The Balaban J connectivity index is 0.000000217. The van der Waals surface area contributed by atoms with Crippen molar-refractivity contribution in [2.24, 2.45) is 5.41 Å². The maximum absolute atomic E-state index is 6.32. The van der Waals surface area contributed by atoms with Crippen molar-refractivity contribution in [1.82, 2.24) is 9.97 Å². The summed E-state index contributed by atoms with van der Waals surface area (Å²) in [6.45, 7) is 25.0. The largest absolute Gasteiger partial charge is 0.501 e. The van der Waals surface area contributed by atoms with E-state index >= 15 is 0 Å². The summed E-state index contributed by atoms with van der Waals surface area (Å²) in [4.78, 5) is 9.38. The van der Waals surface area contributed by atoms with Crippen molar-refractivity contribution in [3.05, 3.63) is 138 Å². The van der Waals surface area contributed by atoms with Crippen LogP contribution >= 0.6 is 0 Å². The molecule has 5 heteroatoms. The van der Waals surface area contributed by atoms with E-state index in [4.69, 9.17) is 9.40 Å². The van der Waals surface area contributed by atoms with Crippen LogP contribution in [0.2, 0.25) is 19.6 Å². The third-order valence-electron chi connectivity index (χ3n) is 9.78. The van der Waals surface area contributed by atoms with Crippen molar-refractivity contribution < 1.29 is 24.5 Å². The molecule has 1 radical (unpaired) electrons. The van der Waals surface area contributed by atoms with Crippen LogP contribution in [0.3, 0.4) is 0 Å². The molecule has 0 amide bonds. The van der Waals surface area contributed by atoms with Crippen molar-refractivity contribution in [1.29, 1.82) is 0 Å². The van der Waals surface area contributed by atoms with Gasteiger partial charge in [-0.05, 0) is 70.6 Å². The minimum atomic E-state index is -1.36. The number of aromatic nitrogens is 2. The molecule has 3 aromatic heterocycles. The Labute approximate surface area is 338 Å². The number of aryl methyl sites for hydroxylation is 1. The Bertz CT molecular complexity index is 2340. The monoisotopic (exact) mass is 907 g/mol. The van der Waals surface area contributed by atoms with Gasteiger partial charge in [-0.3, -0.25) is 0 Å². The molecule has 0 saturated carbocycles. The molecule has 0 bridgehead atoms. The molecule has 0 aliphatic carbocycles. The van der Waals surface area contributed by atoms with E-state index in [2.05, 4.69) is 183 Å². The first kappa shape index (κ1) is 41.0. The SMILES string of the molecule is CC(C)c1c[c-]c(-c2cc(C(C)C)c([Si](C)(C)C)cn2)cc1.Cc1ccc(-c2ccc3oc4c(-c5cc(CC(C)(C)C)ccn5)[c-]ccc4c3c2)cc1.[Ir]. The van der Waals surface area contributed by atoms with E-state index in [1.807, 2.05) is 12.3 Å². The summed E-state index contributed by atoms with van der Waals surface area (Å²) in [5.74, 6) is 1.07. The molecule has 3 heterocycles. The molecule has 0 fully saturated rings. The summed E-state index contributed by atoms with van der Waals surface area (Å²) in [6.07, 6.45) is 5.00. The minimum Gasteiger partial charge on any atom is -0.501 e. The number of rotatable bonds is 7. The topological polar surface area (TPSA) is 38.9 Å². The van der Waals surface area contributed by atoms with Gasteiger partial charge in [-0.1, -0.05) is 144 Å². The first-order chi connectivity index (χ1) is 25.1. The molecular weight excluding hydrogens is 853 g/mol. The molecule has 0 spiro atoms. The van der Waals surface area contributed by atoms with Crippen LogP contribution in [0.5, 0.6) is 0 Å². The van der Waals surface area contributed by atoms with E-state index in [0.29, 0.717) is 11.8 Å². The van der Waals surface area contributed by atoms with Crippen LogP contribution in [0.4, 0.5) is 0 Å². The quantitative estimate of drug-likeness (QED) is 0.118. The van der Waals surface area contributed by atoms with E-state index in [-0.39, 0.29) is 25.5 Å². The number of furan rings is 1. The van der Waals surface area contributed by atoms with Gasteiger partial charge in [-0.25, -0.2) is 0 Å². The van der Waals surface area contributed by atoms with Gasteiger partial charge in [0.15, 0.2) is 0 Å². The number of fused-ring (bicyclic) bond motifs is 3. The fourth-order valence-corrected chi connectivity index (χ4v) is 8.55. The van der Waals surface area contributed by atoms with E-state index in [1.54, 1.807) is 0 Å². The van der Waals surface area contributed by atoms with Gasteiger partial charge in [0, 0.05) is 37.9 Å². The van der Waals surface area contributed by atoms with Crippen molar-refractivity contribution >= 4 is 35.2 Å². The Kier molecular flexibility index (Phi) is 12.7. The molecule has 0 unspecified atom stereocenters. The molecule has 0 atom stereocenters. The second kappa shape index (κ2) is 16.7. The summed E-state index contributed by atoms with van der Waals surface area (Å²) in [7, 11) is -1.36. The molecular formula is C49H54IrN2OSi-2. The van der Waals surface area contributed by atoms with Crippen LogP contribution in [-0.2, 0) is 26.5 Å². The predicted octanol–water partition coefficient (Wildman–Crippen LogP) is 13.4. The summed E-state index contributed by atoms with van der Waals surface area (Å²) < 4.78 is 6.32. The third-order valence-corrected chi connectivity index (χ3v) is 11.8. The summed E-state index contributed by atoms with van der Waals surface area (Å²) in [5, 5.41) is 3.69. The van der Waals surface area contributed by atoms with E-state index in [0.717, 1.165) is 50.9 Å². The van der Waals surface area contributed by atoms with Crippen molar-refractivity contribution in [3.63, 3.8) is 0 Å². The fraction of sp³-hybridized carbons (Fsp3) is 0.306. The number of hydrogen-bond donors (Lipinski definition) is 0. The average Bonchev–Trinajstić information content (AvgIpc) is 3.49. The van der Waals surface area contributed by atoms with Gasteiger partial charge >= 0.3 is 0 Å². The molecule has 0 saturated heterocycles. The van der Waals surface area contributed by atoms with Crippen LogP contribution in [-0.4, -0.2) is 18.0 Å². The second-order valence-electron chi connectivity index (χ2n) is 17.3. The van der Waals surface area contributed by atoms with Gasteiger partial charge in [0.1, 0.15) is 5.58 Å². The van der Waals surface area contributed by atoms with Crippen LogP contribution in [0.15, 0.2) is 108 Å². The zero-order valence-corrected chi connectivity index (χ0v) is 37.2. The summed E-state index contributed by atoms with van der Waals surface area (Å²) >= 11 is 0. The first-order valence-corrected chi connectivity index (χ1v) is 22.5. The molecule has 0 aliphatic heterocycles. The molecule has 4 aromatic carbocycles. The van der Waals surface area contributed by atoms with Gasteiger partial charge < -0.3 is 14.4 Å². The zero-order valence-electron chi connectivity index (χ0n) is 33.8. The summed E-state index contributed by atoms with van der Waals surface area (Å²) in [6, 6.07) is 38.9. The standard InChI is InChI=1S/C29H26NO.C20H28NSi.Ir/c1-19-8-10-21(11-9-19)22-12-13-27-25(17-22)23-6-5-7-24(28(23)31-27)26-16-20(14-15-30-26)18-29(2,3)4;1-14(2)16-8-10-17(11-9-16)19-12-18(15(3)4)20(13-21-19)22(5,6)7;/h5-6,8-17H,18H2,1-4H3;8-10,12-15H,1-7H3;/q2*-1;. The molecule has 0 N–H and O–H groups in total. The van der Waals surface area contributed by atoms with Gasteiger partial charge in [0.25, 0.3) is 0 Å². The number of nitrogens with zero attached hydrogens (tertiary/aromatic N) is 2. The molecule has 281 valence electrons. The first-order valence-electron chi connectivity index (χ1n) is 19.0. The fourth-order valence-electron chi connectivity index (χ4n) is 6.87. The number of benzene rings is 4. The van der Waals surface area contributed by atoms with Gasteiger partial charge in [0.2, 0.25) is 0 Å². The second-order valence-corrected chi connectivity index (χ2v) is 22.4. The van der Waals surface area contributed by atoms with Gasteiger partial charge in [0.05, 0.1) is 13.7 Å². The van der Waals surface area contributed by atoms with E-state index in [9.17, 15) is 0 Å². The maximum atomic E-state index is 6.32. The van der Waals surface area contributed by atoms with Crippen LogP contribution in [0.25, 0.3) is 55.6 Å². The Morgan fingerprint density at radius 2 is 1.46 bits per heavy atom. The number of pyridine rings is 2. The average molecular weight is 907 g/mol. The molecule has 3 nitrogen and oxygen atoms in total. The number of hydrogen-bond acceptors (Lipinski definition) is 3. The van der Waals surface area contributed by atoms with E-state index < -0.39 is 8.07 Å². The Morgan fingerprint density at radius 3 is 2.09 bits per heavy atom. The van der Waals surface area contributed by atoms with Crippen molar-refractivity contribution in [3.8, 4) is 33.6 Å². The van der Waals surface area contributed by atoms with Crippen LogP contribution < -0.4 is 5.19 Å². The molecule has 7 aromatic rings. The summed E-state index contributed by atoms with van der Waals surface area (Å²) in [5.41, 5.74) is 13.6. The van der Waals surface area contributed by atoms with Gasteiger partial charge in [-0.15, -0.1) is 53.6 Å². The molecule has 54 heavy (non-hydrogen) atoms. The maximum Gasteiger partial charge on any atom is 0.120 e. The normalized spacial score (nSPS) is 11.9. The minimum absolute atomic E-state index is 0. The van der Waals surface area contributed by atoms with E-state index in [1.165, 1.54) is 38.6 Å².